The Bertz CT molecular complexity index is 1320. The van der Waals surface area contributed by atoms with Crippen LogP contribution in [0.2, 0.25) is 5.02 Å². The summed E-state index contributed by atoms with van der Waals surface area (Å²) in [6.07, 6.45) is 7.53. The summed E-state index contributed by atoms with van der Waals surface area (Å²) in [5, 5.41) is 3.42. The van der Waals surface area contributed by atoms with Gasteiger partial charge < -0.3 is 14.3 Å². The van der Waals surface area contributed by atoms with E-state index in [0.717, 1.165) is 29.7 Å². The predicted molar refractivity (Wildman–Crippen MR) is 132 cm³/mol. The third-order valence-electron chi connectivity index (χ3n) is 6.37. The highest BCUT2D eigenvalue weighted by atomic mass is 35.5. The average Bonchev–Trinajstić information content (AvgIpc) is 3.50. The molecule has 1 aliphatic rings. The Labute approximate surface area is 202 Å². The highest BCUT2D eigenvalue weighted by Crippen LogP contribution is 2.38. The number of nitrogens with zero attached hydrogens (tertiary/aromatic N) is 2. The van der Waals surface area contributed by atoms with Crippen LogP contribution in [0.15, 0.2) is 65.3 Å². The lowest BCUT2D eigenvalue weighted by atomic mass is 9.95. The van der Waals surface area contributed by atoms with Gasteiger partial charge in [-0.05, 0) is 73.9 Å². The van der Waals surface area contributed by atoms with Crippen molar-refractivity contribution in [3.63, 3.8) is 0 Å². The standard InChI is InChI=1S/C27H25ClFN3O2/c1-17-7-12-20(15-22(17)28)31-27(33)24-14-13-23(34-24)26-25(18-8-10-19(29)11-9-18)30-16-32(26)21-5-3-2-4-6-21/h7-16,21H,2-6H2,1H3,(H,31,33). The van der Waals surface area contributed by atoms with Gasteiger partial charge in [0.1, 0.15) is 11.5 Å². The van der Waals surface area contributed by atoms with Gasteiger partial charge in [0.2, 0.25) is 0 Å². The van der Waals surface area contributed by atoms with Crippen LogP contribution in [0.4, 0.5) is 10.1 Å². The van der Waals surface area contributed by atoms with E-state index in [4.69, 9.17) is 16.0 Å². The third kappa shape index (κ3) is 4.50. The third-order valence-corrected chi connectivity index (χ3v) is 6.78. The molecule has 1 N–H and O–H groups in total. The van der Waals surface area contributed by atoms with Crippen molar-refractivity contribution >= 4 is 23.2 Å². The second-order valence-corrected chi connectivity index (χ2v) is 9.14. The van der Waals surface area contributed by atoms with E-state index < -0.39 is 0 Å². The minimum absolute atomic E-state index is 0.188. The van der Waals surface area contributed by atoms with Crippen LogP contribution in [-0.4, -0.2) is 15.5 Å². The van der Waals surface area contributed by atoms with Gasteiger partial charge in [-0.15, -0.1) is 0 Å². The first-order valence-corrected chi connectivity index (χ1v) is 11.9. The number of furan rings is 1. The largest absolute Gasteiger partial charge is 0.449 e. The molecule has 0 spiro atoms. The van der Waals surface area contributed by atoms with Crippen molar-refractivity contribution in [3.8, 4) is 22.7 Å². The maximum Gasteiger partial charge on any atom is 0.291 e. The van der Waals surface area contributed by atoms with Crippen molar-refractivity contribution in [2.45, 2.75) is 45.1 Å². The van der Waals surface area contributed by atoms with Crippen LogP contribution < -0.4 is 5.32 Å². The van der Waals surface area contributed by atoms with E-state index >= 15 is 0 Å². The first-order valence-electron chi connectivity index (χ1n) is 11.5. The lowest BCUT2D eigenvalue weighted by Gasteiger charge is -2.24. The molecule has 2 heterocycles. The molecule has 7 heteroatoms. The van der Waals surface area contributed by atoms with Crippen molar-refractivity contribution < 1.29 is 13.6 Å². The number of imidazole rings is 1. The molecular formula is C27H25ClFN3O2. The molecule has 1 amide bonds. The van der Waals surface area contributed by atoms with E-state index in [-0.39, 0.29) is 17.5 Å². The van der Waals surface area contributed by atoms with Crippen molar-refractivity contribution in [2.24, 2.45) is 0 Å². The minimum atomic E-state index is -0.363. The van der Waals surface area contributed by atoms with Gasteiger partial charge in [-0.1, -0.05) is 36.9 Å². The van der Waals surface area contributed by atoms with Crippen molar-refractivity contribution in [1.82, 2.24) is 9.55 Å². The Hall–Kier alpha value is -3.38. The molecule has 0 saturated heterocycles. The maximum absolute atomic E-state index is 13.5. The fourth-order valence-electron chi connectivity index (χ4n) is 4.51. The van der Waals surface area contributed by atoms with Gasteiger partial charge in [-0.25, -0.2) is 9.37 Å². The Morgan fingerprint density at radius 1 is 1.09 bits per heavy atom. The van der Waals surface area contributed by atoms with Gasteiger partial charge in [0.05, 0.1) is 12.0 Å². The topological polar surface area (TPSA) is 60.1 Å². The number of anilines is 1. The monoisotopic (exact) mass is 477 g/mol. The lowest BCUT2D eigenvalue weighted by molar-refractivity contribution is 0.0997. The summed E-state index contributed by atoms with van der Waals surface area (Å²) >= 11 is 6.18. The fraction of sp³-hybridized carbons (Fsp3) is 0.259. The highest BCUT2D eigenvalue weighted by Gasteiger charge is 2.25. The molecule has 1 saturated carbocycles. The molecular weight excluding hydrogens is 453 g/mol. The molecule has 0 unspecified atom stereocenters. The number of hydrogen-bond donors (Lipinski definition) is 1. The fourth-order valence-corrected chi connectivity index (χ4v) is 4.69. The van der Waals surface area contributed by atoms with Crippen LogP contribution in [0.3, 0.4) is 0 Å². The summed E-state index contributed by atoms with van der Waals surface area (Å²) in [5.41, 5.74) is 3.83. The lowest BCUT2D eigenvalue weighted by Crippen LogP contribution is -2.13. The molecule has 1 fully saturated rings. The molecule has 5 rings (SSSR count). The van der Waals surface area contributed by atoms with Crippen molar-refractivity contribution in [1.29, 1.82) is 0 Å². The minimum Gasteiger partial charge on any atom is -0.449 e. The van der Waals surface area contributed by atoms with E-state index in [1.165, 1.54) is 31.4 Å². The number of benzene rings is 2. The first-order chi connectivity index (χ1) is 16.5. The zero-order valence-corrected chi connectivity index (χ0v) is 19.6. The molecule has 0 aliphatic heterocycles. The Balaban J connectivity index is 1.49. The van der Waals surface area contributed by atoms with Crippen LogP contribution in [0.5, 0.6) is 0 Å². The number of rotatable bonds is 5. The van der Waals surface area contributed by atoms with E-state index in [0.29, 0.717) is 28.2 Å². The van der Waals surface area contributed by atoms with Gasteiger partial charge in [0.25, 0.3) is 5.91 Å². The van der Waals surface area contributed by atoms with Gasteiger partial charge >= 0.3 is 0 Å². The summed E-state index contributed by atoms with van der Waals surface area (Å²) in [6.45, 7) is 1.90. The SMILES string of the molecule is Cc1ccc(NC(=O)c2ccc(-c3c(-c4ccc(F)cc4)ncn3C3CCCCC3)o2)cc1Cl. The number of nitrogens with one attached hydrogen (secondary N) is 1. The summed E-state index contributed by atoms with van der Waals surface area (Å²) in [4.78, 5) is 17.5. The number of carbonyl (C=O) groups is 1. The van der Waals surface area contributed by atoms with Crippen LogP contribution in [0, 0.1) is 12.7 Å². The number of aryl methyl sites for hydroxylation is 1. The van der Waals surface area contributed by atoms with Crippen molar-refractivity contribution in [3.05, 3.63) is 83.1 Å². The van der Waals surface area contributed by atoms with E-state index in [2.05, 4.69) is 14.9 Å². The van der Waals surface area contributed by atoms with Gasteiger partial charge in [-0.2, -0.15) is 0 Å². The molecule has 34 heavy (non-hydrogen) atoms. The normalized spacial score (nSPS) is 14.3. The maximum atomic E-state index is 13.5. The van der Waals surface area contributed by atoms with E-state index in [1.54, 1.807) is 36.4 Å². The molecule has 4 aromatic rings. The number of amides is 1. The highest BCUT2D eigenvalue weighted by molar-refractivity contribution is 6.31. The van der Waals surface area contributed by atoms with Gasteiger partial charge in [0, 0.05) is 22.3 Å². The molecule has 5 nitrogen and oxygen atoms in total. The molecule has 0 bridgehead atoms. The van der Waals surface area contributed by atoms with Crippen LogP contribution in [0.1, 0.15) is 54.3 Å². The quantitative estimate of drug-likeness (QED) is 0.321. The number of aromatic nitrogens is 2. The predicted octanol–water partition coefficient (Wildman–Crippen LogP) is 7.67. The summed E-state index contributed by atoms with van der Waals surface area (Å²) in [5.74, 6) is 0.0750. The smallest absolute Gasteiger partial charge is 0.291 e. The summed E-state index contributed by atoms with van der Waals surface area (Å²) in [6, 6.07) is 15.4. The molecule has 0 radical (unpaired) electrons. The molecule has 174 valence electrons. The zero-order valence-electron chi connectivity index (χ0n) is 18.9. The number of carbonyl (C=O) groups excluding carboxylic acids is 1. The summed E-state index contributed by atoms with van der Waals surface area (Å²) < 4.78 is 21.7. The zero-order chi connectivity index (χ0) is 23.7. The van der Waals surface area contributed by atoms with Gasteiger partial charge in [0.15, 0.2) is 11.5 Å². The second-order valence-electron chi connectivity index (χ2n) is 8.73. The van der Waals surface area contributed by atoms with Crippen LogP contribution in [-0.2, 0) is 0 Å². The molecule has 0 atom stereocenters. The Kier molecular flexibility index (Phi) is 6.24. The van der Waals surface area contributed by atoms with Crippen LogP contribution in [0.25, 0.3) is 22.7 Å². The average molecular weight is 478 g/mol. The Morgan fingerprint density at radius 3 is 2.59 bits per heavy atom. The van der Waals surface area contributed by atoms with E-state index in [9.17, 15) is 9.18 Å². The Morgan fingerprint density at radius 2 is 1.85 bits per heavy atom. The summed E-state index contributed by atoms with van der Waals surface area (Å²) in [7, 11) is 0. The molecule has 2 aromatic heterocycles. The van der Waals surface area contributed by atoms with E-state index in [1.807, 2.05) is 19.3 Å². The number of hydrogen-bond acceptors (Lipinski definition) is 3. The van der Waals surface area contributed by atoms with Crippen LogP contribution >= 0.6 is 11.6 Å². The van der Waals surface area contributed by atoms with Crippen molar-refractivity contribution in [2.75, 3.05) is 5.32 Å². The molecule has 1 aliphatic carbocycles. The molecule has 2 aromatic carbocycles. The first kappa shape index (κ1) is 22.4. The number of halogens is 2. The second kappa shape index (κ2) is 9.47. The van der Waals surface area contributed by atoms with Gasteiger partial charge in [-0.3, -0.25) is 4.79 Å².